The first-order valence-electron chi connectivity index (χ1n) is 9.75. The first-order valence-corrected chi connectivity index (χ1v) is 10.7. The lowest BCUT2D eigenvalue weighted by Crippen LogP contribution is -2.28. The molecule has 0 radical (unpaired) electrons. The van der Waals surface area contributed by atoms with E-state index in [1.807, 2.05) is 41.8 Å². The third-order valence-corrected chi connectivity index (χ3v) is 5.55. The minimum absolute atomic E-state index is 0.0421. The standard InChI is InChI=1S/C22H25FN4O3S/c1-16(13-29-3)27-20(14-30-19-12-8-7-11-18(19)23)24-25-22(27)31-15-21(28)26(2)17-9-5-4-6-10-17/h4-12,16H,13-15H2,1-3H3/t16-/m1/s1. The van der Waals surface area contributed by atoms with Crippen molar-refractivity contribution in [3.8, 4) is 5.75 Å². The number of nitrogens with zero attached hydrogens (tertiary/aromatic N) is 4. The molecule has 0 saturated heterocycles. The predicted molar refractivity (Wildman–Crippen MR) is 118 cm³/mol. The molecule has 1 amide bonds. The van der Waals surface area contributed by atoms with Crippen LogP contribution in [0.15, 0.2) is 59.8 Å². The summed E-state index contributed by atoms with van der Waals surface area (Å²) >= 11 is 1.29. The van der Waals surface area contributed by atoms with Crippen molar-refractivity contribution in [1.82, 2.24) is 14.8 Å². The Morgan fingerprint density at radius 2 is 1.87 bits per heavy atom. The summed E-state index contributed by atoms with van der Waals surface area (Å²) in [5.74, 6) is 0.360. The van der Waals surface area contributed by atoms with Gasteiger partial charge in [0.25, 0.3) is 0 Å². The topological polar surface area (TPSA) is 69.5 Å². The van der Waals surface area contributed by atoms with Gasteiger partial charge >= 0.3 is 0 Å². The minimum atomic E-state index is -0.442. The average Bonchev–Trinajstić information content (AvgIpc) is 3.20. The van der Waals surface area contributed by atoms with E-state index in [1.165, 1.54) is 17.8 Å². The number of anilines is 1. The smallest absolute Gasteiger partial charge is 0.237 e. The molecule has 1 heterocycles. The van der Waals surface area contributed by atoms with Crippen LogP contribution in [0, 0.1) is 5.82 Å². The molecule has 0 aliphatic rings. The summed E-state index contributed by atoms with van der Waals surface area (Å²) in [4.78, 5) is 14.2. The lowest BCUT2D eigenvalue weighted by atomic mass is 10.3. The molecular formula is C22H25FN4O3S. The van der Waals surface area contributed by atoms with Gasteiger partial charge in [0.05, 0.1) is 18.4 Å². The zero-order chi connectivity index (χ0) is 22.2. The fraction of sp³-hybridized carbons (Fsp3) is 0.318. The second-order valence-corrected chi connectivity index (χ2v) is 7.81. The largest absolute Gasteiger partial charge is 0.483 e. The van der Waals surface area contributed by atoms with Crippen molar-refractivity contribution in [3.63, 3.8) is 0 Å². The number of carbonyl (C=O) groups is 1. The van der Waals surface area contributed by atoms with Crippen LogP contribution in [0.25, 0.3) is 0 Å². The van der Waals surface area contributed by atoms with Gasteiger partial charge in [-0.05, 0) is 31.2 Å². The van der Waals surface area contributed by atoms with Crippen molar-refractivity contribution in [2.45, 2.75) is 24.7 Å². The molecule has 1 atom stereocenters. The number of rotatable bonds is 10. The molecule has 0 N–H and O–H groups in total. The third-order valence-electron chi connectivity index (χ3n) is 4.62. The van der Waals surface area contributed by atoms with Gasteiger partial charge < -0.3 is 14.4 Å². The first kappa shape index (κ1) is 22.8. The number of hydrogen-bond acceptors (Lipinski definition) is 6. The molecule has 0 aliphatic carbocycles. The van der Waals surface area contributed by atoms with Gasteiger partial charge in [0, 0.05) is 19.8 Å². The fourth-order valence-electron chi connectivity index (χ4n) is 2.99. The Labute approximate surface area is 185 Å². The number of amides is 1. The van der Waals surface area contributed by atoms with Crippen molar-refractivity contribution in [1.29, 1.82) is 0 Å². The zero-order valence-corrected chi connectivity index (χ0v) is 18.5. The number of halogens is 1. The van der Waals surface area contributed by atoms with E-state index in [0.717, 1.165) is 5.69 Å². The van der Waals surface area contributed by atoms with Crippen LogP contribution in [-0.2, 0) is 16.1 Å². The van der Waals surface area contributed by atoms with Crippen molar-refractivity contribution < 1.29 is 18.7 Å². The van der Waals surface area contributed by atoms with Crippen molar-refractivity contribution in [3.05, 3.63) is 66.2 Å². The Hall–Kier alpha value is -2.91. The minimum Gasteiger partial charge on any atom is -0.483 e. The number of methoxy groups -OCH3 is 1. The molecule has 0 spiro atoms. The zero-order valence-electron chi connectivity index (χ0n) is 17.7. The summed E-state index contributed by atoms with van der Waals surface area (Å²) in [6.45, 7) is 2.43. The van der Waals surface area contributed by atoms with Gasteiger partial charge in [0.2, 0.25) is 5.91 Å². The Morgan fingerprint density at radius 3 is 2.58 bits per heavy atom. The fourth-order valence-corrected chi connectivity index (χ4v) is 3.95. The Kier molecular flexibility index (Phi) is 8.02. The molecule has 0 bridgehead atoms. The van der Waals surface area contributed by atoms with Crippen LogP contribution in [0.5, 0.6) is 5.75 Å². The Bertz CT molecular complexity index is 999. The molecular weight excluding hydrogens is 419 g/mol. The van der Waals surface area contributed by atoms with Gasteiger partial charge in [-0.3, -0.25) is 9.36 Å². The number of ether oxygens (including phenoxy) is 2. The lowest BCUT2D eigenvalue weighted by Gasteiger charge is -2.19. The maximum atomic E-state index is 13.9. The van der Waals surface area contributed by atoms with E-state index in [1.54, 1.807) is 37.3 Å². The summed E-state index contributed by atoms with van der Waals surface area (Å²) in [7, 11) is 3.35. The van der Waals surface area contributed by atoms with Crippen LogP contribution >= 0.6 is 11.8 Å². The SMILES string of the molecule is COC[C@@H](C)n1c(COc2ccccc2F)nnc1SCC(=O)N(C)c1ccccc1. The number of carbonyl (C=O) groups excluding carboxylic acids is 1. The van der Waals surface area contributed by atoms with Gasteiger partial charge in [0.15, 0.2) is 22.5 Å². The van der Waals surface area contributed by atoms with E-state index in [9.17, 15) is 9.18 Å². The summed E-state index contributed by atoms with van der Waals surface area (Å²) in [5, 5.41) is 9.02. The van der Waals surface area contributed by atoms with E-state index in [-0.39, 0.29) is 30.1 Å². The number of para-hydroxylation sites is 2. The highest BCUT2D eigenvalue weighted by molar-refractivity contribution is 7.99. The molecule has 0 saturated carbocycles. The van der Waals surface area contributed by atoms with Gasteiger partial charge in [-0.15, -0.1) is 10.2 Å². The molecule has 3 rings (SSSR count). The number of benzene rings is 2. The highest BCUT2D eigenvalue weighted by Gasteiger charge is 2.21. The highest BCUT2D eigenvalue weighted by atomic mass is 32.2. The molecule has 1 aromatic heterocycles. The first-order chi connectivity index (χ1) is 15.0. The Morgan fingerprint density at radius 1 is 1.16 bits per heavy atom. The second kappa shape index (κ2) is 10.9. The monoisotopic (exact) mass is 444 g/mol. The van der Waals surface area contributed by atoms with Crippen molar-refractivity contribution in [2.75, 3.05) is 31.4 Å². The van der Waals surface area contributed by atoms with E-state index < -0.39 is 5.82 Å². The van der Waals surface area contributed by atoms with Crippen LogP contribution < -0.4 is 9.64 Å². The van der Waals surface area contributed by atoms with E-state index in [2.05, 4.69) is 10.2 Å². The lowest BCUT2D eigenvalue weighted by molar-refractivity contribution is -0.115. The summed E-state index contributed by atoms with van der Waals surface area (Å²) in [5.41, 5.74) is 0.821. The molecule has 3 aromatic rings. The number of aromatic nitrogens is 3. The highest BCUT2D eigenvalue weighted by Crippen LogP contribution is 2.25. The molecule has 0 fully saturated rings. The summed E-state index contributed by atoms with van der Waals surface area (Å²) in [6.07, 6.45) is 0. The maximum absolute atomic E-state index is 13.9. The van der Waals surface area contributed by atoms with Crippen LogP contribution in [0.3, 0.4) is 0 Å². The average molecular weight is 445 g/mol. The van der Waals surface area contributed by atoms with Crippen molar-refractivity contribution in [2.24, 2.45) is 0 Å². The number of hydrogen-bond donors (Lipinski definition) is 0. The number of thioether (sulfide) groups is 1. The summed E-state index contributed by atoms with van der Waals surface area (Å²) in [6, 6.07) is 15.5. The molecule has 0 unspecified atom stereocenters. The molecule has 2 aromatic carbocycles. The van der Waals surface area contributed by atoms with Crippen LogP contribution in [-0.4, -0.2) is 47.2 Å². The predicted octanol–water partition coefficient (Wildman–Crippen LogP) is 3.96. The van der Waals surface area contributed by atoms with Crippen LogP contribution in [0.2, 0.25) is 0 Å². The van der Waals surface area contributed by atoms with Crippen LogP contribution in [0.4, 0.5) is 10.1 Å². The van der Waals surface area contributed by atoms with Gasteiger partial charge in [-0.1, -0.05) is 42.1 Å². The van der Waals surface area contributed by atoms with Gasteiger partial charge in [-0.2, -0.15) is 0 Å². The van der Waals surface area contributed by atoms with Gasteiger partial charge in [0.1, 0.15) is 6.61 Å². The summed E-state index contributed by atoms with van der Waals surface area (Å²) < 4.78 is 26.6. The Balaban J connectivity index is 1.72. The van der Waals surface area contributed by atoms with E-state index >= 15 is 0 Å². The van der Waals surface area contributed by atoms with E-state index in [4.69, 9.17) is 9.47 Å². The quantitative estimate of drug-likeness (QED) is 0.441. The molecule has 7 nitrogen and oxygen atoms in total. The maximum Gasteiger partial charge on any atom is 0.237 e. The molecule has 9 heteroatoms. The molecule has 31 heavy (non-hydrogen) atoms. The van der Waals surface area contributed by atoms with Crippen molar-refractivity contribution >= 4 is 23.4 Å². The second-order valence-electron chi connectivity index (χ2n) is 6.87. The molecule has 164 valence electrons. The van der Waals surface area contributed by atoms with Gasteiger partial charge in [-0.25, -0.2) is 4.39 Å². The third kappa shape index (κ3) is 5.83. The van der Waals surface area contributed by atoms with E-state index in [0.29, 0.717) is 17.6 Å². The normalized spacial score (nSPS) is 11.9. The molecule has 0 aliphatic heterocycles. The van der Waals surface area contributed by atoms with Crippen LogP contribution in [0.1, 0.15) is 18.8 Å².